The van der Waals surface area contributed by atoms with E-state index in [1.807, 2.05) is 13.8 Å². The molecule has 0 amide bonds. The van der Waals surface area contributed by atoms with Crippen molar-refractivity contribution in [2.45, 2.75) is 97.2 Å². The number of hydrogen-bond donors (Lipinski definition) is 2. The highest BCUT2D eigenvalue weighted by Crippen LogP contribution is 2.10. The monoisotopic (exact) mass is 301 g/mol. The van der Waals surface area contributed by atoms with Gasteiger partial charge in [-0.25, -0.2) is 0 Å². The molecule has 0 radical (unpaired) electrons. The minimum absolute atomic E-state index is 0.261. The molecule has 2 atom stereocenters. The number of unbranched alkanes of at least 4 members (excludes halogenated alkanes) is 7. The van der Waals surface area contributed by atoms with Crippen molar-refractivity contribution in [3.63, 3.8) is 0 Å². The van der Waals surface area contributed by atoms with Crippen LogP contribution in [0.2, 0.25) is 0 Å². The minimum Gasteiger partial charge on any atom is -0.392 e. The molecule has 0 aromatic carbocycles. The van der Waals surface area contributed by atoms with E-state index in [9.17, 15) is 10.2 Å². The Hall–Kier alpha value is -0.120. The van der Waals surface area contributed by atoms with Crippen molar-refractivity contribution in [2.75, 3.05) is 19.6 Å². The summed E-state index contributed by atoms with van der Waals surface area (Å²) in [6.45, 7) is 8.67. The minimum atomic E-state index is -0.261. The maximum atomic E-state index is 9.81. The zero-order chi connectivity index (χ0) is 15.9. The summed E-state index contributed by atoms with van der Waals surface area (Å²) in [6.07, 6.45) is 11.6. The third-order valence-electron chi connectivity index (χ3n) is 4.21. The summed E-state index contributed by atoms with van der Waals surface area (Å²) in [5.74, 6) is 0. The van der Waals surface area contributed by atoms with Gasteiger partial charge in [-0.15, -0.1) is 0 Å². The fourth-order valence-corrected chi connectivity index (χ4v) is 2.58. The van der Waals surface area contributed by atoms with E-state index in [0.717, 1.165) is 19.4 Å². The zero-order valence-corrected chi connectivity index (χ0v) is 14.7. The van der Waals surface area contributed by atoms with Gasteiger partial charge in [-0.3, -0.25) is 4.90 Å². The van der Waals surface area contributed by atoms with Crippen LogP contribution in [0, 0.1) is 0 Å². The molecule has 0 aliphatic heterocycles. The third kappa shape index (κ3) is 13.3. The van der Waals surface area contributed by atoms with Gasteiger partial charge in [-0.2, -0.15) is 0 Å². The molecule has 0 aromatic heterocycles. The lowest BCUT2D eigenvalue weighted by molar-refractivity contribution is 0.0654. The average molecular weight is 302 g/mol. The predicted octanol–water partition coefficient (Wildman–Crippen LogP) is 3.97. The van der Waals surface area contributed by atoms with Crippen LogP contribution in [0.3, 0.4) is 0 Å². The Bertz CT molecular complexity index is 199. The van der Waals surface area contributed by atoms with Crippen LogP contribution < -0.4 is 0 Å². The van der Waals surface area contributed by atoms with Gasteiger partial charge in [0.1, 0.15) is 0 Å². The lowest BCUT2D eigenvalue weighted by Gasteiger charge is -2.26. The average Bonchev–Trinajstić information content (AvgIpc) is 2.49. The number of nitrogens with zero attached hydrogens (tertiary/aromatic N) is 1. The van der Waals surface area contributed by atoms with Crippen LogP contribution >= 0.6 is 0 Å². The first-order chi connectivity index (χ1) is 10.1. The smallest absolute Gasteiger partial charge is 0.0664 e. The Kier molecular flexibility index (Phi) is 14.7. The van der Waals surface area contributed by atoms with E-state index < -0.39 is 0 Å². The molecule has 0 fully saturated rings. The highest BCUT2D eigenvalue weighted by Gasteiger charge is 2.13. The molecule has 0 rings (SSSR count). The van der Waals surface area contributed by atoms with Crippen molar-refractivity contribution in [1.29, 1.82) is 0 Å². The molecule has 0 spiro atoms. The highest BCUT2D eigenvalue weighted by atomic mass is 16.3. The van der Waals surface area contributed by atoms with Crippen LogP contribution in [-0.4, -0.2) is 47.0 Å². The topological polar surface area (TPSA) is 43.7 Å². The van der Waals surface area contributed by atoms with Crippen LogP contribution in [-0.2, 0) is 0 Å². The first-order valence-corrected chi connectivity index (χ1v) is 9.22. The second kappa shape index (κ2) is 14.8. The van der Waals surface area contributed by atoms with Crippen LogP contribution in [0.25, 0.3) is 0 Å². The lowest BCUT2D eigenvalue weighted by atomic mass is 10.1. The molecule has 0 aliphatic rings. The maximum Gasteiger partial charge on any atom is 0.0664 e. The molecule has 128 valence electrons. The zero-order valence-electron chi connectivity index (χ0n) is 14.7. The summed E-state index contributed by atoms with van der Waals surface area (Å²) >= 11 is 0. The van der Waals surface area contributed by atoms with Crippen molar-refractivity contribution in [2.24, 2.45) is 0 Å². The molecule has 0 saturated heterocycles. The van der Waals surface area contributed by atoms with E-state index in [1.165, 1.54) is 51.4 Å². The van der Waals surface area contributed by atoms with Crippen molar-refractivity contribution >= 4 is 0 Å². The fraction of sp³-hybridized carbons (Fsp3) is 1.00. The van der Waals surface area contributed by atoms with Crippen molar-refractivity contribution in [1.82, 2.24) is 4.90 Å². The van der Waals surface area contributed by atoms with Gasteiger partial charge in [0.05, 0.1) is 12.2 Å². The standard InChI is InChI=1S/C18H39NO2/c1-4-7-8-9-10-11-12-13-14-19(15-17(20)5-2)16-18(21)6-3/h17-18,20-21H,4-16H2,1-3H3. The number of hydrogen-bond acceptors (Lipinski definition) is 3. The number of aliphatic hydroxyl groups excluding tert-OH is 2. The van der Waals surface area contributed by atoms with E-state index in [2.05, 4.69) is 11.8 Å². The molecule has 2 N–H and O–H groups in total. The summed E-state index contributed by atoms with van der Waals surface area (Å²) in [4.78, 5) is 2.24. The molecule has 3 nitrogen and oxygen atoms in total. The van der Waals surface area contributed by atoms with E-state index in [4.69, 9.17) is 0 Å². The number of rotatable bonds is 15. The molecular formula is C18H39NO2. The van der Waals surface area contributed by atoms with Crippen molar-refractivity contribution in [3.05, 3.63) is 0 Å². The Morgan fingerprint density at radius 3 is 1.52 bits per heavy atom. The quantitative estimate of drug-likeness (QED) is 0.450. The molecule has 3 heteroatoms. The highest BCUT2D eigenvalue weighted by molar-refractivity contribution is 4.67. The third-order valence-corrected chi connectivity index (χ3v) is 4.21. The second-order valence-corrected chi connectivity index (χ2v) is 6.36. The van der Waals surface area contributed by atoms with E-state index in [1.54, 1.807) is 0 Å². The lowest BCUT2D eigenvalue weighted by Crippen LogP contribution is -2.38. The first-order valence-electron chi connectivity index (χ1n) is 9.22. The van der Waals surface area contributed by atoms with Crippen LogP contribution in [0.5, 0.6) is 0 Å². The van der Waals surface area contributed by atoms with Gasteiger partial charge in [-0.1, -0.05) is 65.7 Å². The summed E-state index contributed by atoms with van der Waals surface area (Å²) in [6, 6.07) is 0. The normalized spacial score (nSPS) is 14.6. The summed E-state index contributed by atoms with van der Waals surface area (Å²) in [5, 5.41) is 19.6. The van der Waals surface area contributed by atoms with Gasteiger partial charge in [0, 0.05) is 13.1 Å². The van der Waals surface area contributed by atoms with Gasteiger partial charge in [0.25, 0.3) is 0 Å². The Labute approximate surface area is 132 Å². The van der Waals surface area contributed by atoms with Gasteiger partial charge in [-0.05, 0) is 25.8 Å². The molecule has 0 saturated carbocycles. The van der Waals surface area contributed by atoms with Gasteiger partial charge in [0.15, 0.2) is 0 Å². The van der Waals surface area contributed by atoms with E-state index in [-0.39, 0.29) is 12.2 Å². The first kappa shape index (κ1) is 20.9. The van der Waals surface area contributed by atoms with E-state index in [0.29, 0.717) is 13.1 Å². The van der Waals surface area contributed by atoms with Crippen LogP contribution in [0.1, 0.15) is 85.0 Å². The number of aliphatic hydroxyl groups is 2. The van der Waals surface area contributed by atoms with Crippen LogP contribution in [0.4, 0.5) is 0 Å². The summed E-state index contributed by atoms with van der Waals surface area (Å²) in [7, 11) is 0. The van der Waals surface area contributed by atoms with Crippen molar-refractivity contribution < 1.29 is 10.2 Å². The van der Waals surface area contributed by atoms with Crippen molar-refractivity contribution in [3.8, 4) is 0 Å². The Balaban J connectivity index is 3.74. The van der Waals surface area contributed by atoms with E-state index >= 15 is 0 Å². The summed E-state index contributed by atoms with van der Waals surface area (Å²) < 4.78 is 0. The largest absolute Gasteiger partial charge is 0.392 e. The molecule has 0 aromatic rings. The Morgan fingerprint density at radius 2 is 1.10 bits per heavy atom. The molecule has 2 unspecified atom stereocenters. The Morgan fingerprint density at radius 1 is 0.667 bits per heavy atom. The molecule has 0 aliphatic carbocycles. The molecule has 0 bridgehead atoms. The second-order valence-electron chi connectivity index (χ2n) is 6.36. The maximum absolute atomic E-state index is 9.81. The van der Waals surface area contributed by atoms with Gasteiger partial charge >= 0.3 is 0 Å². The van der Waals surface area contributed by atoms with Gasteiger partial charge < -0.3 is 10.2 Å². The van der Waals surface area contributed by atoms with Crippen LogP contribution in [0.15, 0.2) is 0 Å². The molecular weight excluding hydrogens is 262 g/mol. The summed E-state index contributed by atoms with van der Waals surface area (Å²) in [5.41, 5.74) is 0. The predicted molar refractivity (Wildman–Crippen MR) is 91.6 cm³/mol. The van der Waals surface area contributed by atoms with Gasteiger partial charge in [0.2, 0.25) is 0 Å². The molecule has 0 heterocycles. The SMILES string of the molecule is CCCCCCCCCCN(CC(O)CC)CC(O)CC. The fourth-order valence-electron chi connectivity index (χ4n) is 2.58. The molecule has 21 heavy (non-hydrogen) atoms.